The van der Waals surface area contributed by atoms with Crippen molar-refractivity contribution in [1.82, 2.24) is 4.98 Å². The average Bonchev–Trinajstić information content (AvgIpc) is 2.40. The van der Waals surface area contributed by atoms with Crippen molar-refractivity contribution < 1.29 is 27.9 Å². The van der Waals surface area contributed by atoms with Gasteiger partial charge in [-0.05, 0) is 12.1 Å². The molecule has 21 heavy (non-hydrogen) atoms. The number of nitrogens with zero attached hydrogens (tertiary/aromatic N) is 2. The largest absolute Gasteiger partial charge is 0.504 e. The predicted octanol–water partition coefficient (Wildman–Crippen LogP) is 3.51. The molecule has 2 rings (SSSR count). The second kappa shape index (κ2) is 5.27. The van der Waals surface area contributed by atoms with E-state index < -0.39 is 28.2 Å². The lowest BCUT2D eigenvalue weighted by Gasteiger charge is -2.10. The Morgan fingerprint density at radius 1 is 1.24 bits per heavy atom. The van der Waals surface area contributed by atoms with E-state index in [-0.39, 0.29) is 11.5 Å². The standard InChI is InChI=1S/C12H7F3N2O4/c13-12(14,15)11-5-10(7(6-16-11)17(19)20)21-9-4-2-1-3-8(9)18/h1-6,18H. The molecule has 110 valence electrons. The van der Waals surface area contributed by atoms with E-state index >= 15 is 0 Å². The van der Waals surface area contributed by atoms with Gasteiger partial charge >= 0.3 is 11.9 Å². The summed E-state index contributed by atoms with van der Waals surface area (Å²) in [6.07, 6.45) is -4.32. The number of rotatable bonds is 3. The van der Waals surface area contributed by atoms with Crippen molar-refractivity contribution in [3.63, 3.8) is 0 Å². The second-order valence-corrected chi connectivity index (χ2v) is 3.86. The minimum absolute atomic E-state index is 0.208. The van der Waals surface area contributed by atoms with Crippen LogP contribution in [0.1, 0.15) is 5.69 Å². The van der Waals surface area contributed by atoms with Crippen LogP contribution in [0.5, 0.6) is 17.2 Å². The van der Waals surface area contributed by atoms with Gasteiger partial charge in [-0.1, -0.05) is 12.1 Å². The number of nitro groups is 1. The number of alkyl halides is 3. The lowest BCUT2D eigenvalue weighted by Crippen LogP contribution is -2.08. The highest BCUT2D eigenvalue weighted by atomic mass is 19.4. The number of aromatic hydroxyl groups is 1. The zero-order chi connectivity index (χ0) is 15.6. The summed E-state index contributed by atoms with van der Waals surface area (Å²) in [6.45, 7) is 0. The quantitative estimate of drug-likeness (QED) is 0.692. The molecule has 0 radical (unpaired) electrons. The van der Waals surface area contributed by atoms with E-state index in [1.807, 2.05) is 0 Å². The Hall–Kier alpha value is -2.84. The van der Waals surface area contributed by atoms with E-state index in [0.717, 1.165) is 0 Å². The Labute approximate surface area is 115 Å². The summed E-state index contributed by atoms with van der Waals surface area (Å²) in [7, 11) is 0. The molecule has 1 heterocycles. The molecule has 1 aromatic heterocycles. The minimum Gasteiger partial charge on any atom is -0.504 e. The number of phenolic OH excluding ortho intramolecular Hbond substituents is 1. The number of pyridine rings is 1. The summed E-state index contributed by atoms with van der Waals surface area (Å²) >= 11 is 0. The van der Waals surface area contributed by atoms with Crippen LogP contribution in [-0.4, -0.2) is 15.0 Å². The van der Waals surface area contributed by atoms with Gasteiger partial charge in [0.1, 0.15) is 11.9 Å². The molecule has 0 aliphatic carbocycles. The number of para-hydroxylation sites is 2. The van der Waals surface area contributed by atoms with E-state index in [4.69, 9.17) is 4.74 Å². The van der Waals surface area contributed by atoms with Crippen molar-refractivity contribution in [3.8, 4) is 17.2 Å². The smallest absolute Gasteiger partial charge is 0.433 e. The minimum atomic E-state index is -4.77. The van der Waals surface area contributed by atoms with E-state index in [1.54, 1.807) is 0 Å². The Bertz CT molecular complexity index is 688. The maximum absolute atomic E-state index is 12.6. The normalized spacial score (nSPS) is 11.2. The number of phenols is 1. The van der Waals surface area contributed by atoms with Gasteiger partial charge in [0.15, 0.2) is 11.5 Å². The highest BCUT2D eigenvalue weighted by Crippen LogP contribution is 2.38. The Morgan fingerprint density at radius 2 is 1.90 bits per heavy atom. The first-order chi connectivity index (χ1) is 9.79. The van der Waals surface area contributed by atoms with Crippen LogP contribution in [0.25, 0.3) is 0 Å². The second-order valence-electron chi connectivity index (χ2n) is 3.86. The molecule has 0 aliphatic heterocycles. The third-order valence-electron chi connectivity index (χ3n) is 2.42. The molecule has 0 saturated carbocycles. The van der Waals surface area contributed by atoms with Gasteiger partial charge in [0.25, 0.3) is 0 Å². The first-order valence-electron chi connectivity index (χ1n) is 5.46. The molecular weight excluding hydrogens is 293 g/mol. The van der Waals surface area contributed by atoms with Gasteiger partial charge in [-0.2, -0.15) is 13.2 Å². The van der Waals surface area contributed by atoms with Gasteiger partial charge in [0.05, 0.1) is 4.92 Å². The van der Waals surface area contributed by atoms with Gasteiger partial charge in [-0.25, -0.2) is 4.98 Å². The van der Waals surface area contributed by atoms with E-state index in [0.29, 0.717) is 12.3 Å². The summed E-state index contributed by atoms with van der Waals surface area (Å²) in [5.74, 6) is -1.24. The van der Waals surface area contributed by atoms with E-state index in [9.17, 15) is 28.4 Å². The fourth-order valence-corrected chi connectivity index (χ4v) is 1.47. The Balaban J connectivity index is 2.49. The molecule has 0 saturated heterocycles. The SMILES string of the molecule is O=[N+]([O-])c1cnc(C(F)(F)F)cc1Oc1ccccc1O. The number of ether oxygens (including phenoxy) is 1. The molecular formula is C12H7F3N2O4. The zero-order valence-corrected chi connectivity index (χ0v) is 10.2. The monoisotopic (exact) mass is 300 g/mol. The van der Waals surface area contributed by atoms with Crippen molar-refractivity contribution in [3.05, 3.63) is 52.3 Å². The number of aromatic nitrogens is 1. The predicted molar refractivity (Wildman–Crippen MR) is 64.1 cm³/mol. The molecule has 0 spiro atoms. The molecule has 1 aromatic carbocycles. The summed E-state index contributed by atoms with van der Waals surface area (Å²) in [4.78, 5) is 12.9. The summed E-state index contributed by atoms with van der Waals surface area (Å²) in [6, 6.07) is 5.81. The fraction of sp³-hybridized carbons (Fsp3) is 0.0833. The van der Waals surface area contributed by atoms with Crippen LogP contribution in [0.4, 0.5) is 18.9 Å². The first-order valence-corrected chi connectivity index (χ1v) is 5.46. The molecule has 0 fully saturated rings. The Morgan fingerprint density at radius 3 is 2.48 bits per heavy atom. The lowest BCUT2D eigenvalue weighted by molar-refractivity contribution is -0.386. The zero-order valence-electron chi connectivity index (χ0n) is 10.2. The van der Waals surface area contributed by atoms with E-state index in [2.05, 4.69) is 4.98 Å². The van der Waals surface area contributed by atoms with Gasteiger partial charge in [0.2, 0.25) is 5.75 Å². The number of hydrogen-bond acceptors (Lipinski definition) is 5. The molecule has 0 atom stereocenters. The molecule has 0 amide bonds. The number of benzene rings is 1. The first kappa shape index (κ1) is 14.6. The van der Waals surface area contributed by atoms with Gasteiger partial charge in [-0.15, -0.1) is 0 Å². The average molecular weight is 300 g/mol. The van der Waals surface area contributed by atoms with Crippen LogP contribution in [0, 0.1) is 10.1 Å². The molecule has 2 aromatic rings. The highest BCUT2D eigenvalue weighted by molar-refractivity contribution is 5.50. The number of hydrogen-bond donors (Lipinski definition) is 1. The van der Waals surface area contributed by atoms with Crippen LogP contribution >= 0.6 is 0 Å². The summed E-state index contributed by atoms with van der Waals surface area (Å²) in [5.41, 5.74) is -2.08. The van der Waals surface area contributed by atoms with Crippen molar-refractivity contribution >= 4 is 5.69 Å². The lowest BCUT2D eigenvalue weighted by atomic mass is 10.3. The van der Waals surface area contributed by atoms with E-state index in [1.165, 1.54) is 24.3 Å². The molecule has 0 aliphatic rings. The molecule has 9 heteroatoms. The Kier molecular flexibility index (Phi) is 3.66. The summed E-state index contributed by atoms with van der Waals surface area (Å²) in [5, 5.41) is 20.3. The molecule has 6 nitrogen and oxygen atoms in total. The van der Waals surface area contributed by atoms with Crippen LogP contribution < -0.4 is 4.74 Å². The fourth-order valence-electron chi connectivity index (χ4n) is 1.47. The van der Waals surface area contributed by atoms with Crippen LogP contribution in [0.3, 0.4) is 0 Å². The maximum atomic E-state index is 12.6. The van der Waals surface area contributed by atoms with Crippen molar-refractivity contribution in [1.29, 1.82) is 0 Å². The van der Waals surface area contributed by atoms with Gasteiger partial charge < -0.3 is 9.84 Å². The topological polar surface area (TPSA) is 85.5 Å². The third kappa shape index (κ3) is 3.19. The molecule has 0 unspecified atom stereocenters. The van der Waals surface area contributed by atoms with Gasteiger partial charge in [-0.3, -0.25) is 10.1 Å². The third-order valence-corrected chi connectivity index (χ3v) is 2.42. The van der Waals surface area contributed by atoms with Crippen LogP contribution in [0.2, 0.25) is 0 Å². The van der Waals surface area contributed by atoms with Crippen LogP contribution in [0.15, 0.2) is 36.5 Å². The van der Waals surface area contributed by atoms with Crippen molar-refractivity contribution in [2.24, 2.45) is 0 Å². The van der Waals surface area contributed by atoms with Gasteiger partial charge in [0, 0.05) is 6.07 Å². The highest BCUT2D eigenvalue weighted by Gasteiger charge is 2.35. The molecule has 0 bridgehead atoms. The number of halogens is 3. The summed E-state index contributed by atoms with van der Waals surface area (Å²) < 4.78 is 42.8. The molecule has 1 N–H and O–H groups in total. The van der Waals surface area contributed by atoms with Crippen molar-refractivity contribution in [2.75, 3.05) is 0 Å². The van der Waals surface area contributed by atoms with Crippen LogP contribution in [-0.2, 0) is 6.18 Å². The maximum Gasteiger partial charge on any atom is 0.433 e. The van der Waals surface area contributed by atoms with Crippen molar-refractivity contribution in [2.45, 2.75) is 6.18 Å².